The third-order valence-corrected chi connectivity index (χ3v) is 5.94. The second-order valence-corrected chi connectivity index (χ2v) is 8.18. The smallest absolute Gasteiger partial charge is 0.269 e. The molecule has 0 bridgehead atoms. The molecule has 0 saturated heterocycles. The summed E-state index contributed by atoms with van der Waals surface area (Å²) in [7, 11) is 0. The first-order chi connectivity index (χ1) is 15.2. The Hall–Kier alpha value is -3.55. The lowest BCUT2D eigenvalue weighted by atomic mass is 9.88. The molecule has 32 heavy (non-hydrogen) atoms. The van der Waals surface area contributed by atoms with E-state index >= 15 is 0 Å². The first-order valence-electron chi connectivity index (χ1n) is 9.87. The predicted octanol–water partition coefficient (Wildman–Crippen LogP) is 4.56. The average molecular weight is 451 g/mol. The normalized spacial score (nSPS) is 17.3. The number of nitro groups is 1. The van der Waals surface area contributed by atoms with Gasteiger partial charge < -0.3 is 10.0 Å². The molecule has 0 spiro atoms. The van der Waals surface area contributed by atoms with Crippen molar-refractivity contribution < 1.29 is 19.6 Å². The molecule has 3 aromatic rings. The maximum Gasteiger partial charge on any atom is 0.269 e. The number of rotatable bonds is 6. The van der Waals surface area contributed by atoms with Gasteiger partial charge in [0.1, 0.15) is 0 Å². The standard InChI is InChI=1S/C24H19ClN2O5/c1-15-4-2-3-5-17(15)14-26-21-11-8-18(25)12-20(21)24(30,23(26)29)13-22(28)16-6-9-19(10-7-16)27(31)32/h2-12,30H,13-14H2,1H3/t24-/m0/s1. The molecule has 0 fully saturated rings. The Morgan fingerprint density at radius 2 is 1.81 bits per heavy atom. The molecule has 8 heteroatoms. The van der Waals surface area contributed by atoms with Gasteiger partial charge >= 0.3 is 0 Å². The summed E-state index contributed by atoms with van der Waals surface area (Å²) in [6, 6.07) is 17.4. The van der Waals surface area contributed by atoms with E-state index in [0.29, 0.717) is 10.7 Å². The van der Waals surface area contributed by atoms with Crippen LogP contribution < -0.4 is 4.90 Å². The fourth-order valence-corrected chi connectivity index (χ4v) is 4.08. The highest BCUT2D eigenvalue weighted by molar-refractivity contribution is 6.31. The van der Waals surface area contributed by atoms with Crippen molar-refractivity contribution in [1.29, 1.82) is 0 Å². The molecular formula is C24H19ClN2O5. The van der Waals surface area contributed by atoms with Gasteiger partial charge in [-0.05, 0) is 48.4 Å². The monoisotopic (exact) mass is 450 g/mol. The number of benzene rings is 3. The molecule has 1 atom stereocenters. The lowest BCUT2D eigenvalue weighted by Crippen LogP contribution is -2.41. The number of hydrogen-bond acceptors (Lipinski definition) is 5. The number of amides is 1. The van der Waals surface area contributed by atoms with Gasteiger partial charge in [0.2, 0.25) is 0 Å². The van der Waals surface area contributed by atoms with Crippen molar-refractivity contribution in [1.82, 2.24) is 0 Å². The molecule has 1 amide bonds. The van der Waals surface area contributed by atoms with Gasteiger partial charge in [0.15, 0.2) is 11.4 Å². The molecular weight excluding hydrogens is 432 g/mol. The number of aliphatic hydroxyl groups is 1. The molecule has 3 aromatic carbocycles. The summed E-state index contributed by atoms with van der Waals surface area (Å²) in [6.45, 7) is 2.16. The summed E-state index contributed by atoms with van der Waals surface area (Å²) in [6.07, 6.45) is -0.513. The van der Waals surface area contributed by atoms with E-state index in [2.05, 4.69) is 0 Å². The summed E-state index contributed by atoms with van der Waals surface area (Å²) >= 11 is 6.14. The fourth-order valence-electron chi connectivity index (χ4n) is 3.91. The number of carbonyl (C=O) groups is 2. The van der Waals surface area contributed by atoms with Crippen molar-refractivity contribution in [2.45, 2.75) is 25.5 Å². The Labute approximate surface area is 189 Å². The number of anilines is 1. The van der Waals surface area contributed by atoms with E-state index in [-0.39, 0.29) is 23.4 Å². The van der Waals surface area contributed by atoms with E-state index in [1.807, 2.05) is 31.2 Å². The molecule has 0 aliphatic carbocycles. The lowest BCUT2D eigenvalue weighted by Gasteiger charge is -2.23. The van der Waals surface area contributed by atoms with Crippen LogP contribution in [0.2, 0.25) is 5.02 Å². The molecule has 4 rings (SSSR count). The Balaban J connectivity index is 1.69. The molecule has 0 radical (unpaired) electrons. The number of halogens is 1. The van der Waals surface area contributed by atoms with Crippen LogP contribution in [0.4, 0.5) is 11.4 Å². The van der Waals surface area contributed by atoms with Crippen LogP contribution in [-0.2, 0) is 16.9 Å². The summed E-state index contributed by atoms with van der Waals surface area (Å²) in [4.78, 5) is 38.1. The minimum Gasteiger partial charge on any atom is -0.375 e. The van der Waals surface area contributed by atoms with Gasteiger partial charge in [0, 0.05) is 28.3 Å². The zero-order valence-corrected chi connectivity index (χ0v) is 17.9. The van der Waals surface area contributed by atoms with Crippen LogP contribution in [0.15, 0.2) is 66.7 Å². The molecule has 0 saturated carbocycles. The van der Waals surface area contributed by atoms with Gasteiger partial charge in [-0.25, -0.2) is 0 Å². The summed E-state index contributed by atoms with van der Waals surface area (Å²) in [5.74, 6) is -1.13. The van der Waals surface area contributed by atoms with E-state index in [0.717, 1.165) is 11.1 Å². The number of ketones is 1. The van der Waals surface area contributed by atoms with Crippen LogP contribution in [0.1, 0.15) is 33.5 Å². The highest BCUT2D eigenvalue weighted by Gasteiger charge is 2.51. The number of Topliss-reactive ketones (excluding diaryl/α,β-unsaturated/α-hetero) is 1. The highest BCUT2D eigenvalue weighted by atomic mass is 35.5. The third-order valence-electron chi connectivity index (χ3n) is 5.70. The van der Waals surface area contributed by atoms with Crippen LogP contribution in [0.25, 0.3) is 0 Å². The maximum absolute atomic E-state index is 13.4. The van der Waals surface area contributed by atoms with Crippen LogP contribution >= 0.6 is 11.6 Å². The number of nitro benzene ring substituents is 1. The third kappa shape index (κ3) is 3.77. The van der Waals surface area contributed by atoms with E-state index < -0.39 is 28.6 Å². The molecule has 1 N–H and O–H groups in total. The maximum atomic E-state index is 13.4. The Kier molecular flexibility index (Phi) is 5.54. The Morgan fingerprint density at radius 1 is 1.12 bits per heavy atom. The van der Waals surface area contributed by atoms with Crippen molar-refractivity contribution in [3.05, 3.63) is 104 Å². The minimum absolute atomic E-state index is 0.154. The summed E-state index contributed by atoms with van der Waals surface area (Å²) in [5, 5.41) is 22.6. The quantitative estimate of drug-likeness (QED) is 0.337. The van der Waals surface area contributed by atoms with E-state index in [4.69, 9.17) is 11.6 Å². The predicted molar refractivity (Wildman–Crippen MR) is 120 cm³/mol. The molecule has 1 aliphatic rings. The van der Waals surface area contributed by atoms with Crippen LogP contribution in [-0.4, -0.2) is 21.7 Å². The first-order valence-corrected chi connectivity index (χ1v) is 10.2. The van der Waals surface area contributed by atoms with Gasteiger partial charge in [0.05, 0.1) is 23.6 Å². The highest BCUT2D eigenvalue weighted by Crippen LogP contribution is 2.45. The van der Waals surface area contributed by atoms with E-state index in [1.165, 1.54) is 35.2 Å². The second-order valence-electron chi connectivity index (χ2n) is 7.74. The Bertz CT molecular complexity index is 1240. The SMILES string of the molecule is Cc1ccccc1CN1C(=O)[C@](O)(CC(=O)c2ccc([N+](=O)[O-])cc2)c2cc(Cl)ccc21. The van der Waals surface area contributed by atoms with Gasteiger partial charge in [-0.15, -0.1) is 0 Å². The molecule has 162 valence electrons. The molecule has 0 aromatic heterocycles. The van der Waals surface area contributed by atoms with E-state index in [9.17, 15) is 24.8 Å². The number of carbonyl (C=O) groups excluding carboxylic acids is 2. The summed E-state index contributed by atoms with van der Waals surface area (Å²) in [5.41, 5.74) is 0.569. The van der Waals surface area contributed by atoms with Crippen molar-refractivity contribution in [3.8, 4) is 0 Å². The zero-order chi connectivity index (χ0) is 23.0. The van der Waals surface area contributed by atoms with Crippen molar-refractivity contribution in [2.24, 2.45) is 0 Å². The summed E-state index contributed by atoms with van der Waals surface area (Å²) < 4.78 is 0. The van der Waals surface area contributed by atoms with Crippen molar-refractivity contribution >= 4 is 34.7 Å². The first kappa shape index (κ1) is 21.7. The van der Waals surface area contributed by atoms with Crippen molar-refractivity contribution in [3.63, 3.8) is 0 Å². The second kappa shape index (κ2) is 8.18. The number of hydrogen-bond donors (Lipinski definition) is 1. The molecule has 7 nitrogen and oxygen atoms in total. The van der Waals surface area contributed by atoms with Crippen molar-refractivity contribution in [2.75, 3.05) is 4.90 Å². The van der Waals surface area contributed by atoms with Crippen LogP contribution in [0, 0.1) is 17.0 Å². The Morgan fingerprint density at radius 3 is 2.47 bits per heavy atom. The number of nitrogens with zero attached hydrogens (tertiary/aromatic N) is 2. The minimum atomic E-state index is -2.10. The van der Waals surface area contributed by atoms with Crippen LogP contribution in [0.3, 0.4) is 0 Å². The van der Waals surface area contributed by atoms with Gasteiger partial charge in [-0.3, -0.25) is 19.7 Å². The van der Waals surface area contributed by atoms with Gasteiger partial charge in [-0.2, -0.15) is 0 Å². The average Bonchev–Trinajstić information content (AvgIpc) is 2.96. The zero-order valence-electron chi connectivity index (χ0n) is 17.1. The van der Waals surface area contributed by atoms with Gasteiger partial charge in [0.25, 0.3) is 11.6 Å². The van der Waals surface area contributed by atoms with Gasteiger partial charge in [-0.1, -0.05) is 35.9 Å². The number of non-ortho nitro benzene ring substituents is 1. The van der Waals surface area contributed by atoms with Crippen LogP contribution in [0.5, 0.6) is 0 Å². The molecule has 0 unspecified atom stereocenters. The molecule has 1 heterocycles. The topological polar surface area (TPSA) is 101 Å². The van der Waals surface area contributed by atoms with E-state index in [1.54, 1.807) is 12.1 Å². The fraction of sp³-hybridized carbons (Fsp3) is 0.167. The number of fused-ring (bicyclic) bond motifs is 1. The largest absolute Gasteiger partial charge is 0.375 e. The number of aryl methyl sites for hydroxylation is 1. The molecule has 1 aliphatic heterocycles. The lowest BCUT2D eigenvalue weighted by molar-refractivity contribution is -0.384.